The highest BCUT2D eigenvalue weighted by atomic mass is 79.9. The van der Waals surface area contributed by atoms with E-state index in [1.807, 2.05) is 18.6 Å². The third-order valence-corrected chi connectivity index (χ3v) is 3.76. The molecule has 1 rings (SSSR count). The molecule has 0 saturated carbocycles. The number of halogens is 1. The van der Waals surface area contributed by atoms with E-state index >= 15 is 0 Å². The molecular formula is C17H31BrN2. The van der Waals surface area contributed by atoms with Crippen molar-refractivity contribution in [3.05, 3.63) is 24.8 Å². The van der Waals surface area contributed by atoms with Crippen LogP contribution >= 0.6 is 0 Å². The van der Waals surface area contributed by atoms with Gasteiger partial charge in [-0.15, -0.1) is 0 Å². The topological polar surface area (TPSA) is 19.7 Å². The zero-order chi connectivity index (χ0) is 13.8. The van der Waals surface area contributed by atoms with E-state index < -0.39 is 0 Å². The molecule has 0 aliphatic heterocycles. The molecule has 3 heteroatoms. The molecule has 20 heavy (non-hydrogen) atoms. The highest BCUT2D eigenvalue weighted by molar-refractivity contribution is 4.98. The van der Waals surface area contributed by atoms with E-state index in [4.69, 9.17) is 0 Å². The highest BCUT2D eigenvalue weighted by Gasteiger charge is 2.06. The van der Waals surface area contributed by atoms with Crippen molar-refractivity contribution in [1.29, 1.82) is 0 Å². The normalized spacial score (nSPS) is 10.2. The summed E-state index contributed by atoms with van der Waals surface area (Å²) in [7, 11) is 0. The number of hydrogen-bond donors (Lipinski definition) is 1. The van der Waals surface area contributed by atoms with Gasteiger partial charge in [-0.3, -0.25) is 0 Å². The molecule has 2 nitrogen and oxygen atoms in total. The molecule has 0 aliphatic carbocycles. The Kier molecular flexibility index (Phi) is 13.0. The number of nitrogens with one attached hydrogen (secondary N) is 1. The zero-order valence-corrected chi connectivity index (χ0v) is 14.6. The molecule has 0 amide bonds. The van der Waals surface area contributed by atoms with Crippen LogP contribution in [-0.2, 0) is 6.42 Å². The third-order valence-electron chi connectivity index (χ3n) is 3.76. The van der Waals surface area contributed by atoms with E-state index in [1.165, 1.54) is 70.0 Å². The molecule has 1 N–H and O–H groups in total. The quantitative estimate of drug-likeness (QED) is 0.442. The van der Waals surface area contributed by atoms with Crippen LogP contribution < -0.4 is 21.5 Å². The van der Waals surface area contributed by atoms with Gasteiger partial charge in [-0.05, 0) is 6.42 Å². The maximum absolute atomic E-state index is 3.81. The Morgan fingerprint density at radius 3 is 2.10 bits per heavy atom. The molecular weight excluding hydrogens is 312 g/mol. The van der Waals surface area contributed by atoms with Crippen molar-refractivity contribution >= 4 is 6.20 Å². The lowest BCUT2D eigenvalue weighted by Crippen LogP contribution is -3.00. The van der Waals surface area contributed by atoms with Gasteiger partial charge >= 0.3 is 0 Å². The Morgan fingerprint density at radius 1 is 1.00 bits per heavy atom. The van der Waals surface area contributed by atoms with Crippen LogP contribution in [0.3, 0.4) is 0 Å². The maximum Gasteiger partial charge on any atom is 0.258 e. The summed E-state index contributed by atoms with van der Waals surface area (Å²) in [5.41, 5.74) is 0. The fourth-order valence-corrected chi connectivity index (χ4v) is 2.53. The first kappa shape index (κ1) is 19.4. The van der Waals surface area contributed by atoms with Gasteiger partial charge in [-0.25, -0.2) is 9.55 Å². The lowest BCUT2D eigenvalue weighted by Gasteiger charge is -2.01. The molecule has 0 unspecified atom stereocenters. The van der Waals surface area contributed by atoms with Crippen LogP contribution in [0.25, 0.3) is 6.20 Å². The van der Waals surface area contributed by atoms with Gasteiger partial charge < -0.3 is 17.0 Å². The second kappa shape index (κ2) is 13.4. The minimum atomic E-state index is 0. The lowest BCUT2D eigenvalue weighted by molar-refractivity contribution is -0.575. The molecule has 0 bridgehead atoms. The van der Waals surface area contributed by atoms with Crippen LogP contribution in [0.15, 0.2) is 19.0 Å². The summed E-state index contributed by atoms with van der Waals surface area (Å²) in [5, 5.41) is 0. The largest absolute Gasteiger partial charge is 1.00 e. The van der Waals surface area contributed by atoms with Crippen LogP contribution in [0.2, 0.25) is 0 Å². The molecule has 1 aromatic heterocycles. The smallest absolute Gasteiger partial charge is 0.258 e. The number of H-pyrrole nitrogens is 1. The predicted octanol–water partition coefficient (Wildman–Crippen LogP) is 1.87. The van der Waals surface area contributed by atoms with Gasteiger partial charge in [0.15, 0.2) is 0 Å². The van der Waals surface area contributed by atoms with Crippen molar-refractivity contribution in [1.82, 2.24) is 4.98 Å². The van der Waals surface area contributed by atoms with Gasteiger partial charge in [0.05, 0.1) is 6.20 Å². The van der Waals surface area contributed by atoms with Gasteiger partial charge in [-0.1, -0.05) is 71.3 Å². The van der Waals surface area contributed by atoms with Crippen molar-refractivity contribution in [2.75, 3.05) is 0 Å². The first-order chi connectivity index (χ1) is 9.38. The summed E-state index contributed by atoms with van der Waals surface area (Å²) in [5.74, 6) is 1.27. The summed E-state index contributed by atoms with van der Waals surface area (Å²) < 4.78 is 2.08. The number of nitrogens with zero attached hydrogens (tertiary/aromatic N) is 1. The van der Waals surface area contributed by atoms with E-state index in [1.54, 1.807) is 0 Å². The number of aryl methyl sites for hydroxylation is 1. The SMILES string of the molecule is C=C[n+]1cc[nH]c1CCCCCCCCCCCC.[Br-]. The Hall–Kier alpha value is -0.570. The van der Waals surface area contributed by atoms with Crippen LogP contribution in [-0.4, -0.2) is 4.98 Å². The number of unbranched alkanes of at least 4 members (excludes halogenated alkanes) is 9. The Labute approximate surface area is 135 Å². The predicted molar refractivity (Wildman–Crippen MR) is 82.9 cm³/mol. The van der Waals surface area contributed by atoms with Gasteiger partial charge in [0.1, 0.15) is 12.4 Å². The fraction of sp³-hybridized carbons (Fsp3) is 0.706. The molecule has 0 aliphatic rings. The summed E-state index contributed by atoms with van der Waals surface area (Å²) in [6, 6.07) is 0. The average molecular weight is 343 g/mol. The van der Waals surface area contributed by atoms with Gasteiger partial charge in [0.25, 0.3) is 5.82 Å². The van der Waals surface area contributed by atoms with Crippen LogP contribution in [0.1, 0.15) is 77.0 Å². The van der Waals surface area contributed by atoms with Gasteiger partial charge in [0.2, 0.25) is 0 Å². The van der Waals surface area contributed by atoms with E-state index in [9.17, 15) is 0 Å². The van der Waals surface area contributed by atoms with Crippen LogP contribution in [0.5, 0.6) is 0 Å². The maximum atomic E-state index is 3.81. The van der Waals surface area contributed by atoms with E-state index in [0.29, 0.717) is 0 Å². The third kappa shape index (κ3) is 8.57. The number of imidazole rings is 1. The van der Waals surface area contributed by atoms with Gasteiger partial charge in [-0.2, -0.15) is 0 Å². The molecule has 0 saturated heterocycles. The van der Waals surface area contributed by atoms with E-state index in [0.717, 1.165) is 6.42 Å². The number of aromatic nitrogens is 2. The van der Waals surface area contributed by atoms with Crippen molar-refractivity contribution in [3.8, 4) is 0 Å². The number of rotatable bonds is 12. The first-order valence-electron chi connectivity index (χ1n) is 8.08. The lowest BCUT2D eigenvalue weighted by atomic mass is 10.1. The first-order valence-corrected chi connectivity index (χ1v) is 8.08. The fourth-order valence-electron chi connectivity index (χ4n) is 2.53. The van der Waals surface area contributed by atoms with Crippen LogP contribution in [0, 0.1) is 0 Å². The standard InChI is InChI=1S/C17H30N2.BrH/c1-3-5-6-7-8-9-10-11-12-13-14-17-18-15-16-19(17)4-2;/h4,15-16H,2-3,5-14H2,1H3;1H. The molecule has 0 radical (unpaired) electrons. The van der Waals surface area contributed by atoms with E-state index in [-0.39, 0.29) is 17.0 Å². The average Bonchev–Trinajstić information content (AvgIpc) is 2.88. The molecule has 0 aromatic carbocycles. The Balaban J connectivity index is 0.00000361. The molecule has 0 fully saturated rings. The zero-order valence-electron chi connectivity index (χ0n) is 13.0. The molecule has 0 atom stereocenters. The molecule has 1 aromatic rings. The van der Waals surface area contributed by atoms with Crippen LogP contribution in [0.4, 0.5) is 0 Å². The minimum absolute atomic E-state index is 0. The summed E-state index contributed by atoms with van der Waals surface area (Å²) in [4.78, 5) is 3.28. The number of aromatic amines is 1. The van der Waals surface area contributed by atoms with Crippen molar-refractivity contribution in [3.63, 3.8) is 0 Å². The molecule has 0 spiro atoms. The Morgan fingerprint density at radius 2 is 1.55 bits per heavy atom. The molecule has 116 valence electrons. The summed E-state index contributed by atoms with van der Waals surface area (Å²) >= 11 is 0. The minimum Gasteiger partial charge on any atom is -1.00 e. The monoisotopic (exact) mass is 342 g/mol. The highest BCUT2D eigenvalue weighted by Crippen LogP contribution is 2.11. The number of hydrogen-bond acceptors (Lipinski definition) is 0. The summed E-state index contributed by atoms with van der Waals surface area (Å²) in [6.07, 6.45) is 21.0. The molecule has 1 heterocycles. The van der Waals surface area contributed by atoms with Crippen molar-refractivity contribution in [2.24, 2.45) is 0 Å². The second-order valence-electron chi connectivity index (χ2n) is 5.43. The Bertz CT molecular complexity index is 333. The van der Waals surface area contributed by atoms with E-state index in [2.05, 4.69) is 23.1 Å². The summed E-state index contributed by atoms with van der Waals surface area (Å²) in [6.45, 7) is 6.08. The van der Waals surface area contributed by atoms with Crippen molar-refractivity contribution in [2.45, 2.75) is 77.6 Å². The van der Waals surface area contributed by atoms with Gasteiger partial charge in [0, 0.05) is 6.42 Å². The van der Waals surface area contributed by atoms with Crippen molar-refractivity contribution < 1.29 is 21.5 Å². The second-order valence-corrected chi connectivity index (χ2v) is 5.43.